The van der Waals surface area contributed by atoms with E-state index >= 15 is 0 Å². The van der Waals surface area contributed by atoms with E-state index in [2.05, 4.69) is 6.07 Å². The van der Waals surface area contributed by atoms with Crippen LogP contribution in [0.5, 0.6) is 5.75 Å². The molecule has 0 saturated heterocycles. The van der Waals surface area contributed by atoms with Gasteiger partial charge in [0.2, 0.25) is 0 Å². The number of aromatic carboxylic acids is 1. The molecule has 1 aromatic heterocycles. The molecule has 0 unspecified atom stereocenters. The van der Waals surface area contributed by atoms with E-state index in [0.29, 0.717) is 28.1 Å². The molecule has 0 fully saturated rings. The number of alkyl halides is 3. The monoisotopic (exact) mass is 462 g/mol. The summed E-state index contributed by atoms with van der Waals surface area (Å²) < 4.78 is 45.6. The van der Waals surface area contributed by atoms with Crippen LogP contribution in [-0.2, 0) is 12.8 Å². The van der Waals surface area contributed by atoms with E-state index in [1.54, 1.807) is 47.3 Å². The van der Waals surface area contributed by atoms with E-state index in [1.807, 2.05) is 6.07 Å². The number of hydrogen-bond acceptors (Lipinski definition) is 3. The molecule has 0 radical (unpaired) electrons. The van der Waals surface area contributed by atoms with Gasteiger partial charge in [0.15, 0.2) is 0 Å². The smallest absolute Gasteiger partial charge is 0.416 e. The molecule has 4 aromatic rings. The maximum absolute atomic E-state index is 12.7. The number of carboxylic acids is 1. The third-order valence-corrected chi connectivity index (χ3v) is 5.19. The lowest BCUT2D eigenvalue weighted by Gasteiger charge is -2.10. The van der Waals surface area contributed by atoms with Crippen LogP contribution >= 0.6 is 0 Å². The van der Waals surface area contributed by atoms with Crippen molar-refractivity contribution in [2.24, 2.45) is 0 Å². The zero-order valence-corrected chi connectivity index (χ0v) is 17.6. The van der Waals surface area contributed by atoms with E-state index in [1.165, 1.54) is 24.3 Å². The second kappa shape index (κ2) is 9.16. The summed E-state index contributed by atoms with van der Waals surface area (Å²) in [6.07, 6.45) is -0.967. The van der Waals surface area contributed by atoms with Gasteiger partial charge in [-0.15, -0.1) is 0 Å². The zero-order chi connectivity index (χ0) is 24.3. The summed E-state index contributed by atoms with van der Waals surface area (Å²) >= 11 is 0. The lowest BCUT2D eigenvalue weighted by Crippen LogP contribution is -2.05. The Bertz CT molecular complexity index is 1370. The highest BCUT2D eigenvalue weighted by Gasteiger charge is 2.29. The molecular weight excluding hydrogens is 445 g/mol. The first-order chi connectivity index (χ1) is 16.2. The molecule has 0 aliphatic heterocycles. The molecule has 0 aliphatic rings. The van der Waals surface area contributed by atoms with Crippen molar-refractivity contribution in [2.45, 2.75) is 12.8 Å². The molecule has 8 heteroatoms. The third-order valence-electron chi connectivity index (χ3n) is 5.19. The maximum Gasteiger partial charge on any atom is 0.416 e. The molecule has 1 N–H and O–H groups in total. The molecule has 0 aliphatic carbocycles. The largest absolute Gasteiger partial charge is 0.489 e. The van der Waals surface area contributed by atoms with Crippen LogP contribution in [0.2, 0.25) is 0 Å². The minimum Gasteiger partial charge on any atom is -0.489 e. The Morgan fingerprint density at radius 2 is 1.71 bits per heavy atom. The summed E-state index contributed by atoms with van der Waals surface area (Å²) in [4.78, 5) is 11.1. The number of rotatable bonds is 6. The van der Waals surface area contributed by atoms with Crippen molar-refractivity contribution in [1.29, 1.82) is 5.26 Å². The van der Waals surface area contributed by atoms with E-state index in [4.69, 9.17) is 9.84 Å². The van der Waals surface area contributed by atoms with Crippen LogP contribution in [0.25, 0.3) is 16.8 Å². The lowest BCUT2D eigenvalue weighted by molar-refractivity contribution is -0.137. The van der Waals surface area contributed by atoms with E-state index < -0.39 is 17.7 Å². The predicted molar refractivity (Wildman–Crippen MR) is 119 cm³/mol. The first-order valence-corrected chi connectivity index (χ1v) is 10.1. The minimum atomic E-state index is -4.39. The topological polar surface area (TPSA) is 75.2 Å². The van der Waals surface area contributed by atoms with Crippen LogP contribution in [0, 0.1) is 11.3 Å². The molecular formula is C26H17F3N2O3. The Morgan fingerprint density at radius 1 is 1.00 bits per heavy atom. The summed E-state index contributed by atoms with van der Waals surface area (Å²) in [5, 5.41) is 18.7. The van der Waals surface area contributed by atoms with Crippen LogP contribution in [0.3, 0.4) is 0 Å². The fourth-order valence-corrected chi connectivity index (χ4v) is 3.41. The zero-order valence-electron chi connectivity index (χ0n) is 17.6. The van der Waals surface area contributed by atoms with E-state index in [-0.39, 0.29) is 12.2 Å². The molecule has 0 saturated carbocycles. The number of hydrogen-bond donors (Lipinski definition) is 1. The third kappa shape index (κ3) is 4.94. The Hall–Kier alpha value is -4.51. The molecule has 3 aromatic carbocycles. The van der Waals surface area contributed by atoms with Gasteiger partial charge in [-0.2, -0.15) is 18.4 Å². The number of ether oxygens (including phenoxy) is 1. The van der Waals surface area contributed by atoms with Gasteiger partial charge >= 0.3 is 12.1 Å². The van der Waals surface area contributed by atoms with Gasteiger partial charge in [0, 0.05) is 23.6 Å². The van der Waals surface area contributed by atoms with Crippen molar-refractivity contribution >= 4 is 5.97 Å². The van der Waals surface area contributed by atoms with Gasteiger partial charge in [-0.25, -0.2) is 4.79 Å². The average Bonchev–Trinajstić information content (AvgIpc) is 3.27. The quantitative estimate of drug-likeness (QED) is 0.364. The Balaban J connectivity index is 1.54. The molecule has 170 valence electrons. The van der Waals surface area contributed by atoms with Gasteiger partial charge < -0.3 is 14.4 Å². The Kier molecular flexibility index (Phi) is 6.11. The molecule has 1 heterocycles. The van der Waals surface area contributed by atoms with Crippen molar-refractivity contribution in [3.63, 3.8) is 0 Å². The van der Waals surface area contributed by atoms with Crippen LogP contribution in [0.4, 0.5) is 13.2 Å². The average molecular weight is 462 g/mol. The first-order valence-electron chi connectivity index (χ1n) is 10.1. The fourth-order valence-electron chi connectivity index (χ4n) is 3.41. The molecule has 0 atom stereocenters. The van der Waals surface area contributed by atoms with Crippen LogP contribution < -0.4 is 4.74 Å². The highest BCUT2D eigenvalue weighted by atomic mass is 19.4. The maximum atomic E-state index is 12.7. The van der Waals surface area contributed by atoms with Gasteiger partial charge in [-0.3, -0.25) is 0 Å². The van der Waals surface area contributed by atoms with Gasteiger partial charge in [0.25, 0.3) is 0 Å². The minimum absolute atomic E-state index is 0.0869. The molecule has 4 rings (SSSR count). The summed E-state index contributed by atoms with van der Waals surface area (Å²) in [6.45, 7) is 0.0869. The highest BCUT2D eigenvalue weighted by molar-refractivity contribution is 5.87. The summed E-state index contributed by atoms with van der Waals surface area (Å²) in [6, 6.07) is 20.3. The lowest BCUT2D eigenvalue weighted by atomic mass is 10.1. The van der Waals surface area contributed by atoms with Crippen LogP contribution in [0.1, 0.15) is 27.0 Å². The first kappa shape index (κ1) is 22.7. The van der Waals surface area contributed by atoms with Crippen LogP contribution in [0.15, 0.2) is 85.2 Å². The van der Waals surface area contributed by atoms with Crippen molar-refractivity contribution in [1.82, 2.24) is 4.57 Å². The number of aromatic nitrogens is 1. The number of benzene rings is 3. The highest BCUT2D eigenvalue weighted by Crippen LogP contribution is 2.31. The van der Waals surface area contributed by atoms with Crippen molar-refractivity contribution in [3.05, 3.63) is 107 Å². The van der Waals surface area contributed by atoms with Crippen molar-refractivity contribution < 1.29 is 27.8 Å². The molecule has 0 spiro atoms. The van der Waals surface area contributed by atoms with Crippen LogP contribution in [-0.4, -0.2) is 15.6 Å². The Labute approximate surface area is 192 Å². The Morgan fingerprint density at radius 3 is 2.32 bits per heavy atom. The van der Waals surface area contributed by atoms with E-state index in [0.717, 1.165) is 17.7 Å². The number of carbonyl (C=O) groups is 1. The van der Waals surface area contributed by atoms with Crippen molar-refractivity contribution in [2.75, 3.05) is 0 Å². The number of nitriles is 1. The number of nitrogens with zero attached hydrogens (tertiary/aromatic N) is 2. The molecule has 5 nitrogen and oxygen atoms in total. The molecule has 34 heavy (non-hydrogen) atoms. The number of halogens is 3. The summed E-state index contributed by atoms with van der Waals surface area (Å²) in [7, 11) is 0. The SMILES string of the molecule is N#Cc1cn(-c2ccc(C(=O)O)cc2)cc1-c1cccc(OCc2ccc(C(F)(F)F)cc2)c1. The molecule has 0 amide bonds. The number of carboxylic acid groups (broad SMARTS) is 1. The fraction of sp³-hybridized carbons (Fsp3) is 0.0769. The van der Waals surface area contributed by atoms with Crippen molar-refractivity contribution in [3.8, 4) is 28.6 Å². The van der Waals surface area contributed by atoms with E-state index in [9.17, 15) is 23.2 Å². The molecule has 0 bridgehead atoms. The van der Waals surface area contributed by atoms with Gasteiger partial charge in [0.05, 0.1) is 16.7 Å². The standard InChI is InChI=1S/C26H17F3N2O3/c27-26(28,29)21-8-4-17(5-9-21)16-34-23-3-1-2-19(12-23)24-15-31(14-20(24)13-30)22-10-6-18(7-11-22)25(32)33/h1-12,14-15H,16H2,(H,32,33). The van der Waals surface area contributed by atoms with Gasteiger partial charge in [0.1, 0.15) is 18.4 Å². The summed E-state index contributed by atoms with van der Waals surface area (Å²) in [5.41, 5.74) is 2.53. The normalized spacial score (nSPS) is 11.1. The second-order valence-corrected chi connectivity index (χ2v) is 7.47. The van der Waals surface area contributed by atoms with Gasteiger partial charge in [-0.1, -0.05) is 24.3 Å². The second-order valence-electron chi connectivity index (χ2n) is 7.47. The predicted octanol–water partition coefficient (Wildman–Crippen LogP) is 6.31. The summed E-state index contributed by atoms with van der Waals surface area (Å²) in [5.74, 6) is -0.523. The van der Waals surface area contributed by atoms with Gasteiger partial charge in [-0.05, 0) is 59.7 Å².